The van der Waals surface area contributed by atoms with Crippen LogP contribution in [0.2, 0.25) is 15.1 Å². The minimum Gasteiger partial charge on any atom is -0.460 e. The molecular weight excluding hydrogens is 481 g/mol. The van der Waals surface area contributed by atoms with Gasteiger partial charge in [0.15, 0.2) is 5.75 Å². The highest BCUT2D eigenvalue weighted by Gasteiger charge is 2.30. The van der Waals surface area contributed by atoms with Gasteiger partial charge in [-0.3, -0.25) is 4.79 Å². The van der Waals surface area contributed by atoms with Crippen LogP contribution in [0.15, 0.2) is 42.5 Å². The third-order valence-electron chi connectivity index (χ3n) is 3.77. The van der Waals surface area contributed by atoms with Crippen molar-refractivity contribution < 1.29 is 28.6 Å². The van der Waals surface area contributed by atoms with E-state index in [1.807, 2.05) is 6.07 Å². The molecule has 1 atom stereocenters. The van der Waals surface area contributed by atoms with Crippen LogP contribution in [-0.4, -0.2) is 29.7 Å². The zero-order valence-electron chi connectivity index (χ0n) is 17.6. The molecule has 2 aromatic carbocycles. The van der Waals surface area contributed by atoms with Crippen LogP contribution in [0.4, 0.5) is 4.79 Å². The molecule has 2 aromatic rings. The monoisotopic (exact) mass is 501 g/mol. The number of ether oxygens (including phenoxy) is 3. The average molecular weight is 503 g/mol. The largest absolute Gasteiger partial charge is 0.460 e. The lowest BCUT2D eigenvalue weighted by Gasteiger charge is -2.22. The molecule has 0 heterocycles. The second kappa shape index (κ2) is 11.4. The van der Waals surface area contributed by atoms with Crippen molar-refractivity contribution in [2.75, 3.05) is 0 Å². The Morgan fingerprint density at radius 2 is 1.59 bits per heavy atom. The fourth-order valence-electron chi connectivity index (χ4n) is 2.41. The van der Waals surface area contributed by atoms with Crippen LogP contribution in [-0.2, 0) is 25.7 Å². The molecular formula is C22H22Cl3NO6. The maximum Gasteiger partial charge on any atom is 0.408 e. The molecule has 32 heavy (non-hydrogen) atoms. The molecule has 2 rings (SSSR count). The lowest BCUT2D eigenvalue weighted by molar-refractivity contribution is -0.157. The van der Waals surface area contributed by atoms with E-state index in [0.29, 0.717) is 0 Å². The molecule has 0 spiro atoms. The van der Waals surface area contributed by atoms with Gasteiger partial charge in [-0.2, -0.15) is 0 Å². The minimum absolute atomic E-state index is 0.0235. The summed E-state index contributed by atoms with van der Waals surface area (Å²) in [6.45, 7) is 5.00. The van der Waals surface area contributed by atoms with Crippen LogP contribution in [0, 0.1) is 0 Å². The lowest BCUT2D eigenvalue weighted by Crippen LogP contribution is -2.45. The van der Waals surface area contributed by atoms with Crippen LogP contribution in [0.3, 0.4) is 0 Å². The SMILES string of the molecule is CC(C)(C)OC(=O)C[C@H](NC(=O)OCc1ccccc1)C(=O)Oc1cc(Cl)c(Cl)cc1Cl. The topological polar surface area (TPSA) is 90.9 Å². The molecule has 0 aliphatic rings. The predicted octanol–water partition coefficient (Wildman–Crippen LogP) is 5.58. The van der Waals surface area contributed by atoms with Crippen LogP contribution < -0.4 is 10.1 Å². The van der Waals surface area contributed by atoms with E-state index < -0.39 is 36.1 Å². The summed E-state index contributed by atoms with van der Waals surface area (Å²) in [5.41, 5.74) is -0.0386. The third-order valence-corrected chi connectivity index (χ3v) is 4.78. The molecule has 0 radical (unpaired) electrons. The van der Waals surface area contributed by atoms with E-state index in [1.54, 1.807) is 45.0 Å². The number of hydrogen-bond donors (Lipinski definition) is 1. The van der Waals surface area contributed by atoms with Crippen molar-refractivity contribution in [3.8, 4) is 5.75 Å². The predicted molar refractivity (Wildman–Crippen MR) is 121 cm³/mol. The molecule has 172 valence electrons. The van der Waals surface area contributed by atoms with Gasteiger partial charge in [-0.15, -0.1) is 0 Å². The number of amides is 1. The maximum atomic E-state index is 12.7. The van der Waals surface area contributed by atoms with Crippen molar-refractivity contribution in [2.45, 2.75) is 45.4 Å². The Morgan fingerprint density at radius 3 is 2.22 bits per heavy atom. The Morgan fingerprint density at radius 1 is 0.969 bits per heavy atom. The van der Waals surface area contributed by atoms with E-state index in [4.69, 9.17) is 49.0 Å². The van der Waals surface area contributed by atoms with Gasteiger partial charge in [0.25, 0.3) is 0 Å². The van der Waals surface area contributed by atoms with Gasteiger partial charge in [0.1, 0.15) is 18.2 Å². The summed E-state index contributed by atoms with van der Waals surface area (Å²) in [5, 5.41) is 2.63. The molecule has 0 saturated carbocycles. The molecule has 0 unspecified atom stereocenters. The number of hydrogen-bond acceptors (Lipinski definition) is 6. The number of halogens is 3. The quantitative estimate of drug-likeness (QED) is 0.302. The molecule has 0 aromatic heterocycles. The Kier molecular flexibility index (Phi) is 9.19. The van der Waals surface area contributed by atoms with Crippen LogP contribution in [0.1, 0.15) is 32.8 Å². The van der Waals surface area contributed by atoms with Gasteiger partial charge in [-0.05, 0) is 32.4 Å². The number of benzene rings is 2. The first-order valence-corrected chi connectivity index (χ1v) is 10.6. The molecule has 0 bridgehead atoms. The van der Waals surface area contributed by atoms with Gasteiger partial charge in [-0.25, -0.2) is 9.59 Å². The van der Waals surface area contributed by atoms with Gasteiger partial charge in [0.05, 0.1) is 21.5 Å². The summed E-state index contributed by atoms with van der Waals surface area (Å²) >= 11 is 17.9. The molecule has 0 aliphatic carbocycles. The van der Waals surface area contributed by atoms with E-state index in [2.05, 4.69) is 5.32 Å². The van der Waals surface area contributed by atoms with Gasteiger partial charge in [-0.1, -0.05) is 65.1 Å². The summed E-state index contributed by atoms with van der Waals surface area (Å²) in [4.78, 5) is 37.3. The number of rotatable bonds is 7. The van der Waals surface area contributed by atoms with Crippen LogP contribution >= 0.6 is 34.8 Å². The summed E-state index contributed by atoms with van der Waals surface area (Å²) < 4.78 is 15.6. The number of alkyl carbamates (subject to hydrolysis) is 1. The van der Waals surface area contributed by atoms with E-state index in [9.17, 15) is 14.4 Å². The fourth-order valence-corrected chi connectivity index (χ4v) is 2.99. The van der Waals surface area contributed by atoms with Gasteiger partial charge in [0, 0.05) is 6.07 Å². The zero-order chi connectivity index (χ0) is 23.9. The highest BCUT2D eigenvalue weighted by Crippen LogP contribution is 2.34. The normalized spacial score (nSPS) is 11.9. The molecule has 10 heteroatoms. The molecule has 0 fully saturated rings. The molecule has 7 nitrogen and oxygen atoms in total. The first kappa shape index (κ1) is 25.8. The summed E-state index contributed by atoms with van der Waals surface area (Å²) in [6.07, 6.45) is -1.41. The Hall–Kier alpha value is -2.48. The highest BCUT2D eigenvalue weighted by molar-refractivity contribution is 6.43. The number of nitrogens with one attached hydrogen (secondary N) is 1. The van der Waals surface area contributed by atoms with E-state index in [1.165, 1.54) is 12.1 Å². The molecule has 0 aliphatic heterocycles. The second-order valence-electron chi connectivity index (χ2n) is 7.67. The van der Waals surface area contributed by atoms with Crippen molar-refractivity contribution in [2.24, 2.45) is 0 Å². The summed E-state index contributed by atoms with van der Waals surface area (Å²) in [7, 11) is 0. The number of carbonyl (C=O) groups is 3. The Balaban J connectivity index is 2.11. The van der Waals surface area contributed by atoms with Gasteiger partial charge >= 0.3 is 18.0 Å². The van der Waals surface area contributed by atoms with Crippen molar-refractivity contribution in [3.05, 3.63) is 63.1 Å². The Bertz CT molecular complexity index is 976. The van der Waals surface area contributed by atoms with Crippen molar-refractivity contribution in [3.63, 3.8) is 0 Å². The van der Waals surface area contributed by atoms with Crippen molar-refractivity contribution in [1.82, 2.24) is 5.32 Å². The van der Waals surface area contributed by atoms with E-state index >= 15 is 0 Å². The van der Waals surface area contributed by atoms with E-state index in [-0.39, 0.29) is 27.4 Å². The first-order chi connectivity index (χ1) is 14.9. The molecule has 0 saturated heterocycles. The smallest absolute Gasteiger partial charge is 0.408 e. The first-order valence-electron chi connectivity index (χ1n) is 9.50. The van der Waals surface area contributed by atoms with Crippen LogP contribution in [0.25, 0.3) is 0 Å². The van der Waals surface area contributed by atoms with Gasteiger partial charge < -0.3 is 19.5 Å². The lowest BCUT2D eigenvalue weighted by atomic mass is 10.1. The van der Waals surface area contributed by atoms with Crippen molar-refractivity contribution >= 4 is 52.8 Å². The summed E-state index contributed by atoms with van der Waals surface area (Å²) in [5.74, 6) is -1.77. The zero-order valence-corrected chi connectivity index (χ0v) is 19.9. The third kappa shape index (κ3) is 8.57. The minimum atomic E-state index is -1.40. The van der Waals surface area contributed by atoms with Gasteiger partial charge in [0.2, 0.25) is 0 Å². The maximum absolute atomic E-state index is 12.7. The highest BCUT2D eigenvalue weighted by atomic mass is 35.5. The van der Waals surface area contributed by atoms with E-state index in [0.717, 1.165) is 5.56 Å². The number of carbonyl (C=O) groups excluding carboxylic acids is 3. The molecule has 1 N–H and O–H groups in total. The van der Waals surface area contributed by atoms with Crippen molar-refractivity contribution in [1.29, 1.82) is 0 Å². The second-order valence-corrected chi connectivity index (χ2v) is 8.89. The Labute approximate surface area is 200 Å². The standard InChI is InChI=1S/C22H22Cl3NO6/c1-22(2,3)32-19(27)11-17(26-21(29)30-12-13-7-5-4-6-8-13)20(28)31-18-10-15(24)14(23)9-16(18)25/h4-10,17H,11-12H2,1-3H3,(H,26,29)/t17-/m0/s1. The fraction of sp³-hybridized carbons (Fsp3) is 0.318. The summed E-state index contributed by atoms with van der Waals surface area (Å²) in [6, 6.07) is 10.1. The number of esters is 2. The molecule has 1 amide bonds. The average Bonchev–Trinajstić information content (AvgIpc) is 2.69. The van der Waals surface area contributed by atoms with Crippen LogP contribution in [0.5, 0.6) is 5.75 Å².